The average Bonchev–Trinajstić information content (AvgIpc) is 2.98. The van der Waals surface area contributed by atoms with Gasteiger partial charge < -0.3 is 4.90 Å². The molecule has 1 saturated heterocycles. The number of halogens is 1. The smallest absolute Gasteiger partial charge is 0.243 e. The number of thiophene rings is 1. The molecule has 1 aliphatic rings. The van der Waals surface area contributed by atoms with Crippen LogP contribution in [0.4, 0.5) is 0 Å². The summed E-state index contributed by atoms with van der Waals surface area (Å²) in [6.45, 7) is 1.17. The summed E-state index contributed by atoms with van der Waals surface area (Å²) in [7, 11) is 0.630. The van der Waals surface area contributed by atoms with Gasteiger partial charge in [-0.05, 0) is 26.6 Å². The molecule has 0 spiro atoms. The number of sulfonamides is 1. The summed E-state index contributed by atoms with van der Waals surface area (Å²) in [5, 5.41) is 1.68. The number of hydrogen-bond donors (Lipinski definition) is 0. The second-order valence-electron chi connectivity index (χ2n) is 4.65. The van der Waals surface area contributed by atoms with Crippen LogP contribution >= 0.6 is 22.9 Å². The minimum absolute atomic E-state index is 0.311. The quantitative estimate of drug-likeness (QED) is 0.797. The number of nitrogens with zero attached hydrogens (tertiary/aromatic N) is 2. The third-order valence-electron chi connectivity index (χ3n) is 3.26. The molecule has 0 bridgehead atoms. The third-order valence-corrected chi connectivity index (χ3v) is 6.63. The molecule has 102 valence electrons. The van der Waals surface area contributed by atoms with Crippen molar-refractivity contribution >= 4 is 33.0 Å². The van der Waals surface area contributed by atoms with Gasteiger partial charge in [-0.1, -0.05) is 0 Å². The Morgan fingerprint density at radius 1 is 1.56 bits per heavy atom. The molecule has 1 fully saturated rings. The first kappa shape index (κ1) is 14.3. The summed E-state index contributed by atoms with van der Waals surface area (Å²) >= 11 is 7.10. The van der Waals surface area contributed by atoms with E-state index in [1.54, 1.807) is 15.8 Å². The van der Waals surface area contributed by atoms with Gasteiger partial charge in [-0.15, -0.1) is 22.9 Å². The van der Waals surface area contributed by atoms with E-state index in [2.05, 4.69) is 4.90 Å². The summed E-state index contributed by atoms with van der Waals surface area (Å²) in [6.07, 6.45) is 0.888. The van der Waals surface area contributed by atoms with Crippen molar-refractivity contribution < 1.29 is 8.42 Å². The molecule has 2 heterocycles. The van der Waals surface area contributed by atoms with E-state index in [1.807, 2.05) is 14.1 Å². The van der Waals surface area contributed by atoms with Crippen molar-refractivity contribution in [3.8, 4) is 0 Å². The molecule has 7 heteroatoms. The van der Waals surface area contributed by atoms with Crippen LogP contribution in [-0.4, -0.2) is 50.8 Å². The topological polar surface area (TPSA) is 40.6 Å². The monoisotopic (exact) mass is 308 g/mol. The Hall–Kier alpha value is -0.140. The second kappa shape index (κ2) is 5.46. The SMILES string of the molecule is CN(C)C1CCN(S(=O)(=O)c2csc(CCl)c2)C1. The van der Waals surface area contributed by atoms with Crippen molar-refractivity contribution in [3.63, 3.8) is 0 Å². The third kappa shape index (κ3) is 2.72. The van der Waals surface area contributed by atoms with Crippen molar-refractivity contribution in [1.82, 2.24) is 9.21 Å². The van der Waals surface area contributed by atoms with E-state index in [-0.39, 0.29) is 0 Å². The van der Waals surface area contributed by atoms with Gasteiger partial charge in [0.15, 0.2) is 0 Å². The zero-order valence-corrected chi connectivity index (χ0v) is 12.9. The number of likely N-dealkylation sites (N-methyl/N-ethyl adjacent to an activating group) is 1. The molecule has 0 N–H and O–H groups in total. The summed E-state index contributed by atoms with van der Waals surface area (Å²) in [5.74, 6) is 0.362. The van der Waals surface area contributed by atoms with Gasteiger partial charge in [0.25, 0.3) is 0 Å². The maximum Gasteiger partial charge on any atom is 0.243 e. The molecule has 0 amide bonds. The Bertz CT molecular complexity index is 513. The highest BCUT2D eigenvalue weighted by Gasteiger charge is 2.33. The number of rotatable bonds is 4. The molecule has 1 aromatic heterocycles. The first-order chi connectivity index (χ1) is 8.45. The summed E-state index contributed by atoms with van der Waals surface area (Å²) in [6, 6.07) is 1.99. The summed E-state index contributed by atoms with van der Waals surface area (Å²) in [5.41, 5.74) is 0. The average molecular weight is 309 g/mol. The van der Waals surface area contributed by atoms with Crippen molar-refractivity contribution in [2.45, 2.75) is 23.2 Å². The molecule has 1 atom stereocenters. The van der Waals surface area contributed by atoms with Crippen molar-refractivity contribution in [2.24, 2.45) is 0 Å². The fourth-order valence-electron chi connectivity index (χ4n) is 2.07. The normalized spacial score (nSPS) is 21.9. The van der Waals surface area contributed by atoms with Gasteiger partial charge in [0, 0.05) is 29.4 Å². The zero-order valence-electron chi connectivity index (χ0n) is 10.5. The zero-order chi connectivity index (χ0) is 13.3. The van der Waals surface area contributed by atoms with E-state index < -0.39 is 10.0 Å². The Morgan fingerprint density at radius 2 is 2.28 bits per heavy atom. The van der Waals surface area contributed by atoms with Crippen LogP contribution in [0.1, 0.15) is 11.3 Å². The lowest BCUT2D eigenvalue weighted by Gasteiger charge is -2.19. The lowest BCUT2D eigenvalue weighted by Crippen LogP contribution is -2.34. The molecule has 1 aliphatic heterocycles. The van der Waals surface area contributed by atoms with Crippen LogP contribution in [-0.2, 0) is 15.9 Å². The largest absolute Gasteiger partial charge is 0.305 e. The number of alkyl halides is 1. The van der Waals surface area contributed by atoms with Crippen molar-refractivity contribution in [2.75, 3.05) is 27.2 Å². The Kier molecular flexibility index (Phi) is 4.33. The van der Waals surface area contributed by atoms with Gasteiger partial charge in [-0.3, -0.25) is 0 Å². The molecule has 2 rings (SSSR count). The van der Waals surface area contributed by atoms with Crippen LogP contribution in [0.5, 0.6) is 0 Å². The molecular formula is C11H17ClN2O2S2. The lowest BCUT2D eigenvalue weighted by atomic mass is 10.2. The van der Waals surface area contributed by atoms with E-state index in [0.29, 0.717) is 29.9 Å². The first-order valence-electron chi connectivity index (χ1n) is 5.75. The van der Waals surface area contributed by atoms with Gasteiger partial charge in [0.1, 0.15) is 0 Å². The predicted molar refractivity (Wildman–Crippen MR) is 74.7 cm³/mol. The van der Waals surface area contributed by atoms with E-state index >= 15 is 0 Å². The Morgan fingerprint density at radius 3 is 2.78 bits per heavy atom. The highest BCUT2D eigenvalue weighted by molar-refractivity contribution is 7.89. The fraction of sp³-hybridized carbons (Fsp3) is 0.636. The van der Waals surface area contributed by atoms with E-state index in [1.165, 1.54) is 11.3 Å². The summed E-state index contributed by atoms with van der Waals surface area (Å²) < 4.78 is 26.4. The second-order valence-corrected chi connectivity index (χ2v) is 7.85. The van der Waals surface area contributed by atoms with Crippen molar-refractivity contribution in [3.05, 3.63) is 16.3 Å². The Labute approximate surface area is 117 Å². The molecule has 1 unspecified atom stereocenters. The maximum absolute atomic E-state index is 12.4. The molecule has 18 heavy (non-hydrogen) atoms. The standard InChI is InChI=1S/C11H17ClN2O2S2/c1-13(2)9-3-4-14(7-9)18(15,16)11-5-10(6-12)17-8-11/h5,8-9H,3-4,6-7H2,1-2H3. The van der Waals surface area contributed by atoms with Gasteiger partial charge in [-0.25, -0.2) is 8.42 Å². The predicted octanol–water partition coefficient (Wildman–Crippen LogP) is 1.81. The van der Waals surface area contributed by atoms with E-state index in [0.717, 1.165) is 11.3 Å². The van der Waals surface area contributed by atoms with Crippen LogP contribution in [0.15, 0.2) is 16.3 Å². The van der Waals surface area contributed by atoms with E-state index in [9.17, 15) is 8.42 Å². The van der Waals surface area contributed by atoms with Gasteiger partial charge in [0.05, 0.1) is 10.8 Å². The minimum atomic E-state index is -3.34. The molecule has 1 aromatic rings. The molecule has 0 aliphatic carbocycles. The Balaban J connectivity index is 2.17. The molecular weight excluding hydrogens is 292 g/mol. The van der Waals surface area contributed by atoms with Crippen molar-refractivity contribution in [1.29, 1.82) is 0 Å². The minimum Gasteiger partial charge on any atom is -0.305 e. The van der Waals surface area contributed by atoms with Gasteiger partial charge in [-0.2, -0.15) is 4.31 Å². The number of hydrogen-bond acceptors (Lipinski definition) is 4. The molecule has 0 radical (unpaired) electrons. The lowest BCUT2D eigenvalue weighted by molar-refractivity contribution is 0.302. The highest BCUT2D eigenvalue weighted by Crippen LogP contribution is 2.27. The van der Waals surface area contributed by atoms with Crippen LogP contribution in [0.3, 0.4) is 0 Å². The molecule has 0 saturated carbocycles. The van der Waals surface area contributed by atoms with E-state index in [4.69, 9.17) is 11.6 Å². The van der Waals surface area contributed by atoms with Crippen LogP contribution < -0.4 is 0 Å². The maximum atomic E-state index is 12.4. The first-order valence-corrected chi connectivity index (χ1v) is 8.60. The van der Waals surface area contributed by atoms with Crippen LogP contribution in [0.2, 0.25) is 0 Å². The van der Waals surface area contributed by atoms with Crippen LogP contribution in [0.25, 0.3) is 0 Å². The molecule has 0 aromatic carbocycles. The fourth-order valence-corrected chi connectivity index (χ4v) is 4.93. The van der Waals surface area contributed by atoms with Gasteiger partial charge in [0.2, 0.25) is 10.0 Å². The summed E-state index contributed by atoms with van der Waals surface area (Å²) in [4.78, 5) is 3.34. The molecule has 4 nitrogen and oxygen atoms in total. The highest BCUT2D eigenvalue weighted by atomic mass is 35.5. The van der Waals surface area contributed by atoms with Crippen LogP contribution in [0, 0.1) is 0 Å². The van der Waals surface area contributed by atoms with Gasteiger partial charge >= 0.3 is 0 Å².